The summed E-state index contributed by atoms with van der Waals surface area (Å²) in [5.74, 6) is -0.900. The average Bonchev–Trinajstić information content (AvgIpc) is 1.97. The molecule has 0 aromatic heterocycles. The Labute approximate surface area is 68.0 Å². The van der Waals surface area contributed by atoms with Crippen molar-refractivity contribution in [2.75, 3.05) is 5.73 Å². The highest BCUT2D eigenvalue weighted by Crippen LogP contribution is 2.27. The molecule has 12 heavy (non-hydrogen) atoms. The third kappa shape index (κ3) is 1.20. The van der Waals surface area contributed by atoms with E-state index in [1.54, 1.807) is 6.92 Å². The topological polar surface area (TPSA) is 69.2 Å². The second-order valence-corrected chi connectivity index (χ2v) is 2.38. The van der Waals surface area contributed by atoms with Crippen molar-refractivity contribution in [1.29, 1.82) is 0 Å². The van der Waals surface area contributed by atoms with Gasteiger partial charge in [-0.2, -0.15) is 4.39 Å². The number of benzene rings is 1. The highest BCUT2D eigenvalue weighted by Gasteiger charge is 2.19. The van der Waals surface area contributed by atoms with Gasteiger partial charge in [-0.15, -0.1) is 0 Å². The molecule has 0 amide bonds. The Morgan fingerprint density at radius 1 is 1.58 bits per heavy atom. The normalized spacial score (nSPS) is 9.83. The van der Waals surface area contributed by atoms with Crippen LogP contribution in [-0.2, 0) is 0 Å². The van der Waals surface area contributed by atoms with Crippen molar-refractivity contribution in [3.63, 3.8) is 0 Å². The maximum absolute atomic E-state index is 12.8. The SMILES string of the molecule is Cc1ccc(F)c([N+](=O)[O-])c1N. The molecule has 0 bridgehead atoms. The Bertz CT molecular complexity index is 338. The third-order valence-corrected chi connectivity index (χ3v) is 1.57. The lowest BCUT2D eigenvalue weighted by Crippen LogP contribution is -2.00. The smallest absolute Gasteiger partial charge is 0.327 e. The van der Waals surface area contributed by atoms with Gasteiger partial charge in [-0.1, -0.05) is 6.07 Å². The van der Waals surface area contributed by atoms with Gasteiger partial charge >= 0.3 is 5.69 Å². The van der Waals surface area contributed by atoms with E-state index in [0.29, 0.717) is 5.56 Å². The molecule has 0 aliphatic heterocycles. The van der Waals surface area contributed by atoms with E-state index in [2.05, 4.69) is 0 Å². The van der Waals surface area contributed by atoms with Crippen molar-refractivity contribution in [3.8, 4) is 0 Å². The van der Waals surface area contributed by atoms with Gasteiger partial charge in [-0.25, -0.2) is 0 Å². The van der Waals surface area contributed by atoms with Crippen molar-refractivity contribution in [1.82, 2.24) is 0 Å². The maximum atomic E-state index is 12.8. The molecule has 0 heterocycles. The van der Waals surface area contributed by atoms with Crippen LogP contribution in [0.15, 0.2) is 12.1 Å². The minimum absolute atomic E-state index is 0.111. The van der Waals surface area contributed by atoms with E-state index < -0.39 is 16.4 Å². The van der Waals surface area contributed by atoms with Crippen LogP contribution in [0.3, 0.4) is 0 Å². The Morgan fingerprint density at radius 3 is 2.58 bits per heavy atom. The zero-order valence-electron chi connectivity index (χ0n) is 6.37. The molecule has 1 aromatic rings. The number of nitrogens with two attached hydrogens (primary N) is 1. The van der Waals surface area contributed by atoms with Crippen molar-refractivity contribution < 1.29 is 9.31 Å². The zero-order chi connectivity index (χ0) is 9.30. The number of aryl methyl sites for hydroxylation is 1. The van der Waals surface area contributed by atoms with Crippen LogP contribution >= 0.6 is 0 Å². The summed E-state index contributed by atoms with van der Waals surface area (Å²) in [4.78, 5) is 9.46. The Hall–Kier alpha value is -1.65. The fraction of sp³-hybridized carbons (Fsp3) is 0.143. The minimum Gasteiger partial charge on any atom is -0.393 e. The molecule has 0 aliphatic rings. The Morgan fingerprint density at radius 2 is 2.17 bits per heavy atom. The molecule has 0 radical (unpaired) electrons. The predicted octanol–water partition coefficient (Wildman–Crippen LogP) is 1.62. The van der Waals surface area contributed by atoms with Gasteiger partial charge in [-0.05, 0) is 18.6 Å². The number of hydrogen-bond donors (Lipinski definition) is 1. The van der Waals surface area contributed by atoms with E-state index in [1.807, 2.05) is 0 Å². The highest BCUT2D eigenvalue weighted by molar-refractivity contribution is 5.63. The van der Waals surface area contributed by atoms with Gasteiger partial charge in [-0.3, -0.25) is 10.1 Å². The third-order valence-electron chi connectivity index (χ3n) is 1.57. The molecule has 4 nitrogen and oxygen atoms in total. The molecule has 0 aliphatic carbocycles. The molecular weight excluding hydrogens is 163 g/mol. The van der Waals surface area contributed by atoms with Gasteiger partial charge in [0.2, 0.25) is 5.82 Å². The largest absolute Gasteiger partial charge is 0.393 e. The molecule has 0 saturated carbocycles. The molecule has 0 fully saturated rings. The van der Waals surface area contributed by atoms with Crippen LogP contribution in [0, 0.1) is 22.9 Å². The van der Waals surface area contributed by atoms with Crippen LogP contribution in [0.2, 0.25) is 0 Å². The summed E-state index contributed by atoms with van der Waals surface area (Å²) in [6.07, 6.45) is 0. The maximum Gasteiger partial charge on any atom is 0.327 e. The molecular formula is C7H7FN2O2. The van der Waals surface area contributed by atoms with Gasteiger partial charge in [0.1, 0.15) is 5.69 Å². The van der Waals surface area contributed by atoms with Crippen LogP contribution in [0.25, 0.3) is 0 Å². The van der Waals surface area contributed by atoms with Crippen molar-refractivity contribution in [2.45, 2.75) is 6.92 Å². The van der Waals surface area contributed by atoms with E-state index in [4.69, 9.17) is 5.73 Å². The van der Waals surface area contributed by atoms with Gasteiger partial charge in [0.25, 0.3) is 0 Å². The molecule has 64 valence electrons. The summed E-state index contributed by atoms with van der Waals surface area (Å²) in [6.45, 7) is 1.59. The number of anilines is 1. The molecule has 1 rings (SSSR count). The van der Waals surface area contributed by atoms with E-state index >= 15 is 0 Å². The second kappa shape index (κ2) is 2.77. The van der Waals surface area contributed by atoms with Gasteiger partial charge < -0.3 is 5.73 Å². The number of rotatable bonds is 1. The molecule has 5 heteroatoms. The summed E-state index contributed by atoms with van der Waals surface area (Å²) in [7, 11) is 0. The van der Waals surface area contributed by atoms with Crippen LogP contribution < -0.4 is 5.73 Å². The summed E-state index contributed by atoms with van der Waals surface area (Å²) >= 11 is 0. The lowest BCUT2D eigenvalue weighted by atomic mass is 10.1. The molecule has 1 aromatic carbocycles. The second-order valence-electron chi connectivity index (χ2n) is 2.38. The van der Waals surface area contributed by atoms with E-state index in [-0.39, 0.29) is 5.69 Å². The number of hydrogen-bond acceptors (Lipinski definition) is 3. The first-order valence-electron chi connectivity index (χ1n) is 3.23. The van der Waals surface area contributed by atoms with Gasteiger partial charge in [0.15, 0.2) is 0 Å². The van der Waals surface area contributed by atoms with Crippen LogP contribution in [0.5, 0.6) is 0 Å². The summed E-state index contributed by atoms with van der Waals surface area (Å²) in [5, 5.41) is 10.3. The number of nitro groups is 1. The quantitative estimate of drug-likeness (QED) is 0.395. The number of nitrogen functional groups attached to an aromatic ring is 1. The fourth-order valence-electron chi connectivity index (χ4n) is 0.868. The van der Waals surface area contributed by atoms with Crippen LogP contribution in [0.1, 0.15) is 5.56 Å². The number of halogens is 1. The molecule has 2 N–H and O–H groups in total. The van der Waals surface area contributed by atoms with Crippen molar-refractivity contribution >= 4 is 11.4 Å². The number of nitrogens with zero attached hydrogens (tertiary/aromatic N) is 1. The van der Waals surface area contributed by atoms with E-state index in [1.165, 1.54) is 6.07 Å². The Kier molecular flexibility index (Phi) is 1.95. The molecule has 0 atom stereocenters. The average molecular weight is 170 g/mol. The summed E-state index contributed by atoms with van der Waals surface area (Å²) < 4.78 is 12.8. The Balaban J connectivity index is 3.43. The van der Waals surface area contributed by atoms with Crippen LogP contribution in [-0.4, -0.2) is 4.92 Å². The highest BCUT2D eigenvalue weighted by atomic mass is 19.1. The van der Waals surface area contributed by atoms with Crippen molar-refractivity contribution in [3.05, 3.63) is 33.6 Å². The summed E-state index contributed by atoms with van der Waals surface area (Å²) in [5.41, 5.74) is 5.05. The summed E-state index contributed by atoms with van der Waals surface area (Å²) in [6, 6.07) is 2.43. The predicted molar refractivity (Wildman–Crippen MR) is 42.2 cm³/mol. The lowest BCUT2D eigenvalue weighted by Gasteiger charge is -2.00. The molecule has 0 unspecified atom stereocenters. The minimum atomic E-state index is -0.900. The van der Waals surface area contributed by atoms with Crippen molar-refractivity contribution in [2.24, 2.45) is 0 Å². The number of nitro benzene ring substituents is 1. The monoisotopic (exact) mass is 170 g/mol. The first kappa shape index (κ1) is 8.45. The first-order valence-corrected chi connectivity index (χ1v) is 3.23. The van der Waals surface area contributed by atoms with Crippen LogP contribution in [0.4, 0.5) is 15.8 Å². The standard InChI is InChI=1S/C7H7FN2O2/c1-4-2-3-5(8)7(6(4)9)10(11)12/h2-3H,9H2,1H3. The molecule has 0 spiro atoms. The fourth-order valence-corrected chi connectivity index (χ4v) is 0.868. The van der Waals surface area contributed by atoms with Gasteiger partial charge in [0, 0.05) is 0 Å². The lowest BCUT2D eigenvalue weighted by molar-refractivity contribution is -0.386. The van der Waals surface area contributed by atoms with Gasteiger partial charge in [0.05, 0.1) is 4.92 Å². The molecule has 0 saturated heterocycles. The zero-order valence-corrected chi connectivity index (χ0v) is 6.37. The van der Waals surface area contributed by atoms with E-state index in [9.17, 15) is 14.5 Å². The van der Waals surface area contributed by atoms with E-state index in [0.717, 1.165) is 6.07 Å². The first-order chi connectivity index (χ1) is 5.54.